The first-order valence-electron chi connectivity index (χ1n) is 10.3. The molecule has 0 aliphatic carbocycles. The number of nitrogens with one attached hydrogen (secondary N) is 2. The van der Waals surface area contributed by atoms with Crippen LogP contribution in [0, 0.1) is 0 Å². The monoisotopic (exact) mass is 426 g/mol. The zero-order chi connectivity index (χ0) is 20.9. The Hall–Kier alpha value is -2.42. The Bertz CT molecular complexity index is 870. The highest BCUT2D eigenvalue weighted by Gasteiger charge is 2.31. The molecule has 1 aromatic carbocycles. The molecule has 2 fully saturated rings. The van der Waals surface area contributed by atoms with E-state index in [0.717, 1.165) is 48.8 Å². The lowest BCUT2D eigenvalue weighted by molar-refractivity contribution is -0.118. The number of nitrogens with zero attached hydrogens (tertiary/aromatic N) is 2. The Labute approximate surface area is 180 Å². The molecule has 2 aromatic rings. The molecule has 30 heavy (non-hydrogen) atoms. The Balaban J connectivity index is 1.23. The number of aromatic nitrogens is 1. The number of carbonyl (C=O) groups excluding carboxylic acids is 2. The van der Waals surface area contributed by atoms with Crippen molar-refractivity contribution in [3.63, 3.8) is 0 Å². The number of benzene rings is 1. The van der Waals surface area contributed by atoms with Crippen molar-refractivity contribution in [3.05, 3.63) is 59.9 Å². The van der Waals surface area contributed by atoms with Crippen LogP contribution in [-0.4, -0.2) is 52.2 Å². The molecule has 2 amide bonds. The largest absolute Gasteiger partial charge is 0.387 e. The number of aliphatic hydroxyl groups excluding tert-OH is 1. The van der Waals surface area contributed by atoms with Gasteiger partial charge in [0.2, 0.25) is 5.91 Å². The molecule has 0 spiro atoms. The van der Waals surface area contributed by atoms with Crippen molar-refractivity contribution in [2.75, 3.05) is 24.5 Å². The van der Waals surface area contributed by atoms with Crippen LogP contribution in [0.25, 0.3) is 0 Å². The Kier molecular flexibility index (Phi) is 6.66. The molecule has 4 rings (SSSR count). The summed E-state index contributed by atoms with van der Waals surface area (Å²) in [4.78, 5) is 29.4. The van der Waals surface area contributed by atoms with E-state index in [-0.39, 0.29) is 16.4 Å². The normalized spacial score (nSPS) is 21.0. The third-order valence-corrected chi connectivity index (χ3v) is 6.63. The van der Waals surface area contributed by atoms with Crippen LogP contribution in [-0.2, 0) is 11.2 Å². The van der Waals surface area contributed by atoms with Crippen LogP contribution in [0.5, 0.6) is 0 Å². The molecule has 1 aromatic heterocycles. The van der Waals surface area contributed by atoms with E-state index in [1.54, 1.807) is 12.4 Å². The second-order valence-corrected chi connectivity index (χ2v) is 8.90. The number of hydrogen-bond donors (Lipinski definition) is 3. The summed E-state index contributed by atoms with van der Waals surface area (Å²) in [6.45, 7) is 2.44. The van der Waals surface area contributed by atoms with Crippen molar-refractivity contribution in [3.8, 4) is 0 Å². The van der Waals surface area contributed by atoms with E-state index in [0.29, 0.717) is 19.0 Å². The number of aliphatic hydroxyl groups is 1. The summed E-state index contributed by atoms with van der Waals surface area (Å²) in [5.74, 6) is -0.197. The van der Waals surface area contributed by atoms with Gasteiger partial charge in [0.1, 0.15) is 0 Å². The highest BCUT2D eigenvalue weighted by molar-refractivity contribution is 8.15. The molecule has 0 saturated carbocycles. The van der Waals surface area contributed by atoms with Crippen LogP contribution in [0.4, 0.5) is 10.5 Å². The fourth-order valence-corrected chi connectivity index (χ4v) is 4.76. The van der Waals surface area contributed by atoms with E-state index in [2.05, 4.69) is 32.7 Å². The van der Waals surface area contributed by atoms with Crippen molar-refractivity contribution in [2.45, 2.75) is 36.7 Å². The lowest BCUT2D eigenvalue weighted by Gasteiger charge is -2.34. The Morgan fingerprint density at radius 3 is 2.60 bits per heavy atom. The van der Waals surface area contributed by atoms with Gasteiger partial charge < -0.3 is 15.3 Å². The predicted octanol–water partition coefficient (Wildman–Crippen LogP) is 2.27. The molecule has 2 saturated heterocycles. The summed E-state index contributed by atoms with van der Waals surface area (Å²) in [6.07, 6.45) is 5.46. The molecule has 8 heteroatoms. The second-order valence-electron chi connectivity index (χ2n) is 7.73. The highest BCUT2D eigenvalue weighted by Crippen LogP contribution is 2.25. The first kappa shape index (κ1) is 20.8. The number of rotatable bonds is 7. The average molecular weight is 427 g/mol. The third-order valence-electron chi connectivity index (χ3n) is 5.65. The van der Waals surface area contributed by atoms with Gasteiger partial charge in [0.05, 0.1) is 11.4 Å². The molecule has 2 atom stereocenters. The number of amides is 2. The SMILES string of the molecule is O=C1NC(=O)C(Cc2ccc(N3CCC(NC[C@@H](O)c4cccnc4)CC3)cc2)S1. The topological polar surface area (TPSA) is 94.6 Å². The average Bonchev–Trinajstić information content (AvgIpc) is 3.10. The summed E-state index contributed by atoms with van der Waals surface area (Å²) in [5.41, 5.74) is 3.06. The van der Waals surface area contributed by atoms with E-state index in [1.165, 1.54) is 5.69 Å². The van der Waals surface area contributed by atoms with E-state index < -0.39 is 6.10 Å². The predicted molar refractivity (Wildman–Crippen MR) is 117 cm³/mol. The quantitative estimate of drug-likeness (QED) is 0.625. The summed E-state index contributed by atoms with van der Waals surface area (Å²) >= 11 is 1.07. The van der Waals surface area contributed by atoms with Gasteiger partial charge in [0, 0.05) is 49.3 Å². The van der Waals surface area contributed by atoms with Gasteiger partial charge in [-0.2, -0.15) is 0 Å². The number of anilines is 1. The number of piperidine rings is 1. The van der Waals surface area contributed by atoms with E-state index in [4.69, 9.17) is 0 Å². The van der Waals surface area contributed by atoms with Crippen molar-refractivity contribution in [2.24, 2.45) is 0 Å². The lowest BCUT2D eigenvalue weighted by atomic mass is 10.0. The Morgan fingerprint density at radius 1 is 1.20 bits per heavy atom. The van der Waals surface area contributed by atoms with Crippen molar-refractivity contribution >= 4 is 28.6 Å². The molecule has 0 bridgehead atoms. The maximum atomic E-state index is 11.7. The summed E-state index contributed by atoms with van der Waals surface area (Å²) < 4.78 is 0. The first-order chi connectivity index (χ1) is 14.6. The van der Waals surface area contributed by atoms with Crippen LogP contribution in [0.15, 0.2) is 48.8 Å². The second kappa shape index (κ2) is 9.59. The van der Waals surface area contributed by atoms with Crippen LogP contribution in [0.2, 0.25) is 0 Å². The third kappa shape index (κ3) is 5.19. The molecule has 0 radical (unpaired) electrons. The summed E-state index contributed by atoms with van der Waals surface area (Å²) in [5, 5.41) is 15.5. The van der Waals surface area contributed by atoms with Gasteiger partial charge in [0.25, 0.3) is 5.24 Å². The van der Waals surface area contributed by atoms with Crippen LogP contribution < -0.4 is 15.5 Å². The minimum Gasteiger partial charge on any atom is -0.387 e. The van der Waals surface area contributed by atoms with Gasteiger partial charge in [-0.3, -0.25) is 19.9 Å². The molecule has 1 unspecified atom stereocenters. The van der Waals surface area contributed by atoms with Gasteiger partial charge >= 0.3 is 0 Å². The van der Waals surface area contributed by atoms with E-state index >= 15 is 0 Å². The van der Waals surface area contributed by atoms with Gasteiger partial charge in [-0.25, -0.2) is 0 Å². The van der Waals surface area contributed by atoms with E-state index in [1.807, 2.05) is 24.3 Å². The minimum absolute atomic E-state index is 0.197. The maximum Gasteiger partial charge on any atom is 0.286 e. The fraction of sp³-hybridized carbons (Fsp3) is 0.409. The van der Waals surface area contributed by atoms with Crippen molar-refractivity contribution in [1.29, 1.82) is 0 Å². The molecule has 3 N–H and O–H groups in total. The van der Waals surface area contributed by atoms with Crippen LogP contribution in [0.3, 0.4) is 0 Å². The summed E-state index contributed by atoms with van der Waals surface area (Å²) in [7, 11) is 0. The highest BCUT2D eigenvalue weighted by atomic mass is 32.2. The number of pyridine rings is 1. The lowest BCUT2D eigenvalue weighted by Crippen LogP contribution is -2.43. The fourth-order valence-electron chi connectivity index (χ4n) is 3.90. The van der Waals surface area contributed by atoms with Gasteiger partial charge in [-0.15, -0.1) is 0 Å². The molecular weight excluding hydrogens is 400 g/mol. The van der Waals surface area contributed by atoms with Crippen molar-refractivity contribution < 1.29 is 14.7 Å². The summed E-state index contributed by atoms with van der Waals surface area (Å²) in [6, 6.07) is 12.4. The number of carbonyl (C=O) groups is 2. The van der Waals surface area contributed by atoms with Crippen LogP contribution >= 0.6 is 11.8 Å². The zero-order valence-electron chi connectivity index (χ0n) is 16.7. The molecule has 2 aliphatic heterocycles. The smallest absolute Gasteiger partial charge is 0.286 e. The van der Waals surface area contributed by atoms with Gasteiger partial charge in [-0.1, -0.05) is 30.0 Å². The molecule has 7 nitrogen and oxygen atoms in total. The van der Waals surface area contributed by atoms with Gasteiger partial charge in [0.15, 0.2) is 0 Å². The van der Waals surface area contributed by atoms with Crippen molar-refractivity contribution in [1.82, 2.24) is 15.6 Å². The number of hydrogen-bond acceptors (Lipinski definition) is 7. The molecule has 3 heterocycles. The first-order valence-corrected chi connectivity index (χ1v) is 11.1. The maximum absolute atomic E-state index is 11.7. The van der Waals surface area contributed by atoms with Gasteiger partial charge in [-0.05, 0) is 43.0 Å². The number of imide groups is 1. The molecular formula is C22H26N4O3S. The zero-order valence-corrected chi connectivity index (χ0v) is 17.5. The minimum atomic E-state index is -0.542. The number of thioether (sulfide) groups is 1. The Morgan fingerprint density at radius 2 is 1.97 bits per heavy atom. The van der Waals surface area contributed by atoms with Crippen LogP contribution in [0.1, 0.15) is 30.1 Å². The standard InChI is InChI=1S/C22H26N4O3S/c27-19(16-2-1-9-23-13-16)14-24-17-7-10-26(11-8-17)18-5-3-15(4-6-18)12-20-21(28)25-22(29)30-20/h1-6,9,13,17,19-20,24,27H,7-8,10-12,14H2,(H,25,28,29)/t19-,20?/m1/s1. The molecule has 2 aliphatic rings. The van der Waals surface area contributed by atoms with E-state index in [9.17, 15) is 14.7 Å². The molecule has 158 valence electrons.